The second kappa shape index (κ2) is 8.24. The summed E-state index contributed by atoms with van der Waals surface area (Å²) in [5, 5.41) is 0. The third kappa shape index (κ3) is 3.98. The topological polar surface area (TPSA) is 32.3 Å². The molecule has 0 N–H and O–H groups in total. The zero-order chi connectivity index (χ0) is 19.5. The van der Waals surface area contributed by atoms with E-state index in [0.29, 0.717) is 0 Å². The molecule has 2 aliphatic heterocycles. The van der Waals surface area contributed by atoms with Crippen LogP contribution >= 0.6 is 0 Å². The van der Waals surface area contributed by atoms with E-state index in [0.717, 1.165) is 43.7 Å². The van der Waals surface area contributed by atoms with Crippen molar-refractivity contribution < 1.29 is 0 Å². The first-order valence-corrected chi connectivity index (χ1v) is 10.8. The van der Waals surface area contributed by atoms with Crippen molar-refractivity contribution in [3.05, 3.63) is 78.0 Å². The van der Waals surface area contributed by atoms with Crippen LogP contribution in [0.1, 0.15) is 30.4 Å². The van der Waals surface area contributed by atoms with E-state index in [9.17, 15) is 0 Å². The molecular weight excluding hydrogens is 356 g/mol. The molecule has 148 valence electrons. The number of para-hydroxylation sites is 1. The largest absolute Gasteiger partial charge is 0.341 e. The summed E-state index contributed by atoms with van der Waals surface area (Å²) >= 11 is 0. The van der Waals surface area contributed by atoms with E-state index in [1.54, 1.807) is 0 Å². The average Bonchev–Trinajstić information content (AvgIpc) is 2.80. The highest BCUT2D eigenvalue weighted by Gasteiger charge is 2.23. The molecule has 0 unspecified atom stereocenters. The number of benzene rings is 2. The molecule has 0 radical (unpaired) electrons. The Hall–Kier alpha value is -2.88. The van der Waals surface area contributed by atoms with Gasteiger partial charge in [0.2, 0.25) is 5.95 Å². The summed E-state index contributed by atoms with van der Waals surface area (Å²) in [5.41, 5.74) is 4.17. The lowest BCUT2D eigenvalue weighted by atomic mass is 9.90. The Labute approximate surface area is 173 Å². The molecule has 0 spiro atoms. The second-order valence-corrected chi connectivity index (χ2v) is 8.22. The maximum absolute atomic E-state index is 4.97. The fraction of sp³-hybridized carbons (Fsp3) is 0.360. The lowest BCUT2D eigenvalue weighted by Crippen LogP contribution is -2.36. The molecule has 4 nitrogen and oxygen atoms in total. The number of hydrogen-bond donors (Lipinski definition) is 0. The van der Waals surface area contributed by atoms with Crippen LogP contribution in [0.4, 0.5) is 17.5 Å². The molecule has 0 aliphatic carbocycles. The van der Waals surface area contributed by atoms with Gasteiger partial charge in [-0.15, -0.1) is 0 Å². The summed E-state index contributed by atoms with van der Waals surface area (Å²) in [6, 6.07) is 21.6. The SMILES string of the molecule is c1ccc(CC2CCN(c3nccc(N4CCCc5ccccc54)n3)CC2)cc1. The molecule has 1 saturated heterocycles. The monoisotopic (exact) mass is 384 g/mol. The zero-order valence-corrected chi connectivity index (χ0v) is 16.9. The molecule has 0 amide bonds. The van der Waals surface area contributed by atoms with Crippen molar-refractivity contribution >= 4 is 17.5 Å². The number of aryl methyl sites for hydroxylation is 1. The van der Waals surface area contributed by atoms with Crippen molar-refractivity contribution in [2.75, 3.05) is 29.4 Å². The van der Waals surface area contributed by atoms with Crippen LogP contribution in [0.2, 0.25) is 0 Å². The van der Waals surface area contributed by atoms with E-state index in [-0.39, 0.29) is 0 Å². The van der Waals surface area contributed by atoms with Crippen LogP contribution in [-0.4, -0.2) is 29.6 Å². The van der Waals surface area contributed by atoms with Crippen molar-refractivity contribution in [1.82, 2.24) is 9.97 Å². The molecule has 0 bridgehead atoms. The van der Waals surface area contributed by atoms with Gasteiger partial charge in [-0.3, -0.25) is 0 Å². The van der Waals surface area contributed by atoms with Crippen LogP contribution in [0.5, 0.6) is 0 Å². The van der Waals surface area contributed by atoms with Crippen LogP contribution in [0.3, 0.4) is 0 Å². The summed E-state index contributed by atoms with van der Waals surface area (Å²) in [7, 11) is 0. The number of rotatable bonds is 4. The maximum Gasteiger partial charge on any atom is 0.227 e. The highest BCUT2D eigenvalue weighted by atomic mass is 15.3. The smallest absolute Gasteiger partial charge is 0.227 e. The number of hydrogen-bond acceptors (Lipinski definition) is 4. The van der Waals surface area contributed by atoms with Crippen molar-refractivity contribution in [3.8, 4) is 0 Å². The van der Waals surface area contributed by atoms with Crippen LogP contribution in [0.25, 0.3) is 0 Å². The Morgan fingerprint density at radius 2 is 1.66 bits per heavy atom. The Morgan fingerprint density at radius 3 is 2.52 bits per heavy atom. The quantitative estimate of drug-likeness (QED) is 0.632. The number of piperidine rings is 1. The Balaban J connectivity index is 1.28. The lowest BCUT2D eigenvalue weighted by molar-refractivity contribution is 0.400. The molecule has 0 saturated carbocycles. The van der Waals surface area contributed by atoms with Crippen molar-refractivity contribution in [2.24, 2.45) is 5.92 Å². The van der Waals surface area contributed by atoms with E-state index in [1.807, 2.05) is 12.3 Å². The van der Waals surface area contributed by atoms with Crippen molar-refractivity contribution in [3.63, 3.8) is 0 Å². The fourth-order valence-electron chi connectivity index (χ4n) is 4.70. The summed E-state index contributed by atoms with van der Waals surface area (Å²) < 4.78 is 0. The molecule has 2 aliphatic rings. The van der Waals surface area contributed by atoms with Crippen LogP contribution in [0, 0.1) is 5.92 Å². The summed E-state index contributed by atoms with van der Waals surface area (Å²) in [6.45, 7) is 3.10. The van der Waals surface area contributed by atoms with Crippen LogP contribution < -0.4 is 9.80 Å². The number of nitrogens with zero attached hydrogens (tertiary/aromatic N) is 4. The van der Waals surface area contributed by atoms with Gasteiger partial charge in [0, 0.05) is 31.5 Å². The van der Waals surface area contributed by atoms with E-state index < -0.39 is 0 Å². The first-order chi connectivity index (χ1) is 14.4. The molecule has 29 heavy (non-hydrogen) atoms. The highest BCUT2D eigenvalue weighted by Crippen LogP contribution is 2.33. The van der Waals surface area contributed by atoms with E-state index in [2.05, 4.69) is 69.4 Å². The van der Waals surface area contributed by atoms with Crippen molar-refractivity contribution in [2.45, 2.75) is 32.1 Å². The standard InChI is InChI=1S/C25H28N4/c1-2-7-20(8-3-1)19-21-13-17-28(18-14-21)25-26-15-12-24(27-25)29-16-6-10-22-9-4-5-11-23(22)29/h1-5,7-9,11-12,15,21H,6,10,13-14,16-19H2. The minimum absolute atomic E-state index is 0.755. The van der Waals surface area contributed by atoms with Crippen molar-refractivity contribution in [1.29, 1.82) is 0 Å². The normalized spacial score (nSPS) is 17.2. The van der Waals surface area contributed by atoms with Gasteiger partial charge in [-0.1, -0.05) is 48.5 Å². The molecule has 1 aromatic heterocycles. The molecule has 5 rings (SSSR count). The molecule has 2 aromatic carbocycles. The zero-order valence-electron chi connectivity index (χ0n) is 16.9. The van der Waals surface area contributed by atoms with Gasteiger partial charge in [-0.2, -0.15) is 4.98 Å². The molecule has 4 heteroatoms. The second-order valence-electron chi connectivity index (χ2n) is 8.22. The third-order valence-corrected chi connectivity index (χ3v) is 6.28. The number of anilines is 3. The summed E-state index contributed by atoms with van der Waals surface area (Å²) in [6.07, 6.45) is 7.83. The van der Waals surface area contributed by atoms with Gasteiger partial charge in [0.25, 0.3) is 0 Å². The lowest BCUT2D eigenvalue weighted by Gasteiger charge is -2.34. The molecular formula is C25H28N4. The third-order valence-electron chi connectivity index (χ3n) is 6.28. The Kier molecular flexibility index (Phi) is 5.16. The molecule has 3 aromatic rings. The molecule has 1 fully saturated rings. The highest BCUT2D eigenvalue weighted by molar-refractivity contribution is 5.65. The average molecular weight is 385 g/mol. The summed E-state index contributed by atoms with van der Waals surface area (Å²) in [4.78, 5) is 14.3. The van der Waals surface area contributed by atoms with Gasteiger partial charge in [0.1, 0.15) is 5.82 Å². The Bertz CT molecular complexity index is 948. The van der Waals surface area contributed by atoms with Gasteiger partial charge in [0.05, 0.1) is 0 Å². The van der Waals surface area contributed by atoms with Gasteiger partial charge >= 0.3 is 0 Å². The first-order valence-electron chi connectivity index (χ1n) is 10.8. The first kappa shape index (κ1) is 18.2. The van der Waals surface area contributed by atoms with E-state index in [1.165, 1.54) is 42.5 Å². The predicted octanol–water partition coefficient (Wildman–Crippen LogP) is 5.02. The van der Waals surface area contributed by atoms with Gasteiger partial charge in [0.15, 0.2) is 0 Å². The van der Waals surface area contributed by atoms with Gasteiger partial charge in [-0.05, 0) is 61.3 Å². The predicted molar refractivity (Wildman–Crippen MR) is 119 cm³/mol. The summed E-state index contributed by atoms with van der Waals surface area (Å²) in [5.74, 6) is 2.66. The van der Waals surface area contributed by atoms with E-state index >= 15 is 0 Å². The van der Waals surface area contributed by atoms with Crippen LogP contribution in [-0.2, 0) is 12.8 Å². The number of aromatic nitrogens is 2. The van der Waals surface area contributed by atoms with Crippen LogP contribution in [0.15, 0.2) is 66.9 Å². The van der Waals surface area contributed by atoms with E-state index in [4.69, 9.17) is 4.98 Å². The van der Waals surface area contributed by atoms with Gasteiger partial charge < -0.3 is 9.80 Å². The maximum atomic E-state index is 4.97. The molecule has 0 atom stereocenters. The fourth-order valence-corrected chi connectivity index (χ4v) is 4.70. The Morgan fingerprint density at radius 1 is 0.862 bits per heavy atom. The van der Waals surface area contributed by atoms with Gasteiger partial charge in [-0.25, -0.2) is 4.98 Å². The number of fused-ring (bicyclic) bond motifs is 1. The molecule has 3 heterocycles. The minimum atomic E-state index is 0.755. The minimum Gasteiger partial charge on any atom is -0.341 e.